The summed E-state index contributed by atoms with van der Waals surface area (Å²) in [6.07, 6.45) is 2.48. The first kappa shape index (κ1) is 13.4. The second kappa shape index (κ2) is 6.15. The Balaban J connectivity index is 3.21. The topological polar surface area (TPSA) is 53.7 Å². The Bertz CT molecular complexity index is 365. The lowest BCUT2D eigenvalue weighted by molar-refractivity contribution is 0.323. The Kier molecular flexibility index (Phi) is 4.84. The Morgan fingerprint density at radius 3 is 2.06 bits per heavy atom. The first-order chi connectivity index (χ1) is 8.17. The van der Waals surface area contributed by atoms with Gasteiger partial charge in [-0.25, -0.2) is 0 Å². The first-order valence-corrected chi connectivity index (χ1v) is 5.34. The molecule has 2 N–H and O–H groups in total. The highest BCUT2D eigenvalue weighted by Crippen LogP contribution is 2.39. The summed E-state index contributed by atoms with van der Waals surface area (Å²) in [4.78, 5) is 0. The lowest BCUT2D eigenvalue weighted by Gasteiger charge is -2.16. The molecule has 1 atom stereocenters. The van der Waals surface area contributed by atoms with Crippen molar-refractivity contribution in [3.05, 3.63) is 30.4 Å². The van der Waals surface area contributed by atoms with Crippen molar-refractivity contribution < 1.29 is 14.2 Å². The Hall–Kier alpha value is -1.68. The number of hydrogen-bond donors (Lipinski definition) is 1. The van der Waals surface area contributed by atoms with E-state index in [9.17, 15) is 0 Å². The van der Waals surface area contributed by atoms with Gasteiger partial charge in [-0.2, -0.15) is 0 Å². The van der Waals surface area contributed by atoms with E-state index in [1.807, 2.05) is 12.1 Å². The summed E-state index contributed by atoms with van der Waals surface area (Å²) in [5.74, 6) is 1.80. The SMILES string of the molecule is C=CCC(N)c1cc(OC)c(OC)c(OC)c1. The van der Waals surface area contributed by atoms with Crippen molar-refractivity contribution >= 4 is 0 Å². The third kappa shape index (κ3) is 2.91. The average Bonchev–Trinajstić information content (AvgIpc) is 2.37. The van der Waals surface area contributed by atoms with Crippen LogP contribution in [0.2, 0.25) is 0 Å². The zero-order chi connectivity index (χ0) is 12.8. The van der Waals surface area contributed by atoms with E-state index in [1.165, 1.54) is 0 Å². The van der Waals surface area contributed by atoms with Gasteiger partial charge in [0.15, 0.2) is 11.5 Å². The Morgan fingerprint density at radius 2 is 1.71 bits per heavy atom. The summed E-state index contributed by atoms with van der Waals surface area (Å²) in [7, 11) is 4.74. The molecule has 0 spiro atoms. The molecule has 0 bridgehead atoms. The number of ether oxygens (including phenoxy) is 3. The van der Waals surface area contributed by atoms with Crippen molar-refractivity contribution in [3.8, 4) is 17.2 Å². The van der Waals surface area contributed by atoms with Crippen LogP contribution in [0.4, 0.5) is 0 Å². The van der Waals surface area contributed by atoms with E-state index in [0.29, 0.717) is 23.7 Å². The zero-order valence-corrected chi connectivity index (χ0v) is 10.5. The molecule has 1 unspecified atom stereocenters. The van der Waals surface area contributed by atoms with E-state index in [4.69, 9.17) is 19.9 Å². The van der Waals surface area contributed by atoms with E-state index in [1.54, 1.807) is 27.4 Å². The molecule has 0 saturated carbocycles. The number of rotatable bonds is 6. The molecule has 0 aliphatic carbocycles. The summed E-state index contributed by atoms with van der Waals surface area (Å²) in [5.41, 5.74) is 6.95. The molecule has 4 heteroatoms. The van der Waals surface area contributed by atoms with Crippen LogP contribution in [-0.2, 0) is 0 Å². The van der Waals surface area contributed by atoms with Gasteiger partial charge in [0, 0.05) is 6.04 Å². The fourth-order valence-electron chi connectivity index (χ4n) is 1.63. The minimum Gasteiger partial charge on any atom is -0.493 e. The summed E-state index contributed by atoms with van der Waals surface area (Å²) in [5, 5.41) is 0. The number of benzene rings is 1. The molecule has 17 heavy (non-hydrogen) atoms. The second-order valence-corrected chi connectivity index (χ2v) is 3.59. The molecule has 1 rings (SSSR count). The summed E-state index contributed by atoms with van der Waals surface area (Å²) < 4.78 is 15.8. The summed E-state index contributed by atoms with van der Waals surface area (Å²) >= 11 is 0. The van der Waals surface area contributed by atoms with Gasteiger partial charge in [-0.05, 0) is 24.1 Å². The fourth-order valence-corrected chi connectivity index (χ4v) is 1.63. The van der Waals surface area contributed by atoms with Gasteiger partial charge in [-0.15, -0.1) is 6.58 Å². The van der Waals surface area contributed by atoms with Gasteiger partial charge in [-0.3, -0.25) is 0 Å². The maximum absolute atomic E-state index is 6.02. The van der Waals surface area contributed by atoms with Crippen molar-refractivity contribution in [3.63, 3.8) is 0 Å². The zero-order valence-electron chi connectivity index (χ0n) is 10.5. The predicted molar refractivity (Wildman–Crippen MR) is 67.8 cm³/mol. The number of hydrogen-bond acceptors (Lipinski definition) is 4. The summed E-state index contributed by atoms with van der Waals surface area (Å²) in [6, 6.07) is 3.59. The molecule has 1 aromatic carbocycles. The van der Waals surface area contributed by atoms with Gasteiger partial charge in [0.1, 0.15) is 0 Å². The monoisotopic (exact) mass is 237 g/mol. The van der Waals surface area contributed by atoms with Gasteiger partial charge in [0.2, 0.25) is 5.75 Å². The third-order valence-corrected chi connectivity index (χ3v) is 2.54. The van der Waals surface area contributed by atoms with Gasteiger partial charge >= 0.3 is 0 Å². The third-order valence-electron chi connectivity index (χ3n) is 2.54. The second-order valence-electron chi connectivity index (χ2n) is 3.59. The fraction of sp³-hybridized carbons (Fsp3) is 0.385. The first-order valence-electron chi connectivity index (χ1n) is 5.34. The molecule has 0 amide bonds. The predicted octanol–water partition coefficient (Wildman–Crippen LogP) is 2.29. The van der Waals surface area contributed by atoms with Gasteiger partial charge in [0.25, 0.3) is 0 Å². The maximum atomic E-state index is 6.02. The van der Waals surface area contributed by atoms with Gasteiger partial charge in [0.05, 0.1) is 21.3 Å². The van der Waals surface area contributed by atoms with Crippen molar-refractivity contribution in [1.82, 2.24) is 0 Å². The quantitative estimate of drug-likeness (QED) is 0.771. The highest BCUT2D eigenvalue weighted by atomic mass is 16.5. The van der Waals surface area contributed by atoms with Crippen molar-refractivity contribution in [2.75, 3.05) is 21.3 Å². The molecule has 0 heterocycles. The van der Waals surface area contributed by atoms with Crippen LogP contribution in [-0.4, -0.2) is 21.3 Å². The molecule has 4 nitrogen and oxygen atoms in total. The minimum atomic E-state index is -0.124. The molecular weight excluding hydrogens is 218 g/mol. The van der Waals surface area contributed by atoms with E-state index < -0.39 is 0 Å². The standard InChI is InChI=1S/C13H19NO3/c1-5-6-10(14)9-7-11(15-2)13(17-4)12(8-9)16-3/h5,7-8,10H,1,6,14H2,2-4H3. The Labute approximate surface area is 102 Å². The molecule has 0 aliphatic heterocycles. The van der Waals surface area contributed by atoms with Crippen LogP contribution in [0.25, 0.3) is 0 Å². The number of methoxy groups -OCH3 is 3. The minimum absolute atomic E-state index is 0.124. The van der Waals surface area contributed by atoms with E-state index in [2.05, 4.69) is 6.58 Å². The molecule has 0 saturated heterocycles. The normalized spacial score (nSPS) is 11.8. The average molecular weight is 237 g/mol. The lowest BCUT2D eigenvalue weighted by atomic mass is 10.0. The van der Waals surface area contributed by atoms with Crippen molar-refractivity contribution in [2.45, 2.75) is 12.5 Å². The molecule has 1 aromatic rings. The molecule has 0 fully saturated rings. The van der Waals surface area contributed by atoms with Crippen LogP contribution >= 0.6 is 0 Å². The molecule has 0 aromatic heterocycles. The highest BCUT2D eigenvalue weighted by molar-refractivity contribution is 5.54. The van der Waals surface area contributed by atoms with Crippen LogP contribution < -0.4 is 19.9 Å². The van der Waals surface area contributed by atoms with E-state index in [0.717, 1.165) is 5.56 Å². The summed E-state index contributed by atoms with van der Waals surface area (Å²) in [6.45, 7) is 3.68. The van der Waals surface area contributed by atoms with Crippen LogP contribution in [0.15, 0.2) is 24.8 Å². The smallest absolute Gasteiger partial charge is 0.203 e. The lowest BCUT2D eigenvalue weighted by Crippen LogP contribution is -2.10. The number of nitrogens with two attached hydrogens (primary N) is 1. The Morgan fingerprint density at radius 1 is 1.18 bits per heavy atom. The molecule has 94 valence electrons. The molecule has 0 radical (unpaired) electrons. The van der Waals surface area contributed by atoms with Crippen LogP contribution in [0.1, 0.15) is 18.0 Å². The van der Waals surface area contributed by atoms with Gasteiger partial charge in [-0.1, -0.05) is 6.08 Å². The van der Waals surface area contributed by atoms with E-state index >= 15 is 0 Å². The van der Waals surface area contributed by atoms with Crippen molar-refractivity contribution in [1.29, 1.82) is 0 Å². The highest BCUT2D eigenvalue weighted by Gasteiger charge is 2.15. The molecule has 0 aliphatic rings. The van der Waals surface area contributed by atoms with Gasteiger partial charge < -0.3 is 19.9 Å². The largest absolute Gasteiger partial charge is 0.493 e. The van der Waals surface area contributed by atoms with Crippen LogP contribution in [0.3, 0.4) is 0 Å². The molecular formula is C13H19NO3. The van der Waals surface area contributed by atoms with Crippen LogP contribution in [0, 0.1) is 0 Å². The maximum Gasteiger partial charge on any atom is 0.203 e. The van der Waals surface area contributed by atoms with Crippen molar-refractivity contribution in [2.24, 2.45) is 5.73 Å². The van der Waals surface area contributed by atoms with Crippen LogP contribution in [0.5, 0.6) is 17.2 Å². The van der Waals surface area contributed by atoms with E-state index in [-0.39, 0.29) is 6.04 Å².